The number of hydrogen-bond acceptors (Lipinski definition) is 9. The second-order valence-corrected chi connectivity index (χ2v) is 17.7. The number of nitrogens with zero attached hydrogens (tertiary/aromatic N) is 4. The number of nitrogens with two attached hydrogens (primary N) is 3. The van der Waals surface area contributed by atoms with E-state index in [1.165, 1.54) is 14.0 Å². The van der Waals surface area contributed by atoms with Crippen molar-refractivity contribution < 1.29 is 33.6 Å². The first-order valence-corrected chi connectivity index (χ1v) is 22.6. The molecule has 0 aliphatic carbocycles. The van der Waals surface area contributed by atoms with Crippen molar-refractivity contribution in [1.29, 1.82) is 0 Å². The van der Waals surface area contributed by atoms with Gasteiger partial charge in [-0.15, -0.1) is 0 Å². The number of aromatic nitrogens is 2. The topological polar surface area (TPSA) is 255 Å². The van der Waals surface area contributed by atoms with Crippen LogP contribution in [0.25, 0.3) is 11.0 Å². The number of imide groups is 1. The number of amides is 7. The summed E-state index contributed by atoms with van der Waals surface area (Å²) in [6.07, 6.45) is 5.40. The van der Waals surface area contributed by atoms with E-state index < -0.39 is 59.1 Å². The fraction of sp³-hybridized carbons (Fsp3) is 0.458. The van der Waals surface area contributed by atoms with Gasteiger partial charge in [-0.1, -0.05) is 79.6 Å². The molecule has 344 valence electrons. The fourth-order valence-electron chi connectivity index (χ4n) is 10.1. The predicted octanol–water partition coefficient (Wildman–Crippen LogP) is 2.17. The number of nitrogens with one attached hydrogen (secondary N) is 2. The lowest BCUT2D eigenvalue weighted by atomic mass is 9.71. The number of carbonyl (C=O) groups excluding carboxylic acids is 7. The second kappa shape index (κ2) is 20.0. The van der Waals surface area contributed by atoms with Gasteiger partial charge in [0.2, 0.25) is 41.4 Å². The largest absolute Gasteiger partial charge is 0.370 e. The van der Waals surface area contributed by atoms with Crippen molar-refractivity contribution in [2.75, 3.05) is 13.1 Å². The monoisotopic (exact) mass is 889 g/mol. The zero-order valence-corrected chi connectivity index (χ0v) is 36.8. The molecule has 0 spiro atoms. The molecule has 65 heavy (non-hydrogen) atoms. The van der Waals surface area contributed by atoms with E-state index >= 15 is 0 Å². The van der Waals surface area contributed by atoms with Gasteiger partial charge in [-0.25, -0.2) is 4.79 Å². The fourth-order valence-corrected chi connectivity index (χ4v) is 10.1. The van der Waals surface area contributed by atoms with Crippen LogP contribution in [-0.4, -0.2) is 97.0 Å². The molecule has 17 nitrogen and oxygen atoms in total. The maximum Gasteiger partial charge on any atom is 0.329 e. The normalized spacial score (nSPS) is 21.1. The molecule has 7 amide bonds. The first-order chi connectivity index (χ1) is 31.2. The minimum atomic E-state index is -1.80. The predicted molar refractivity (Wildman–Crippen MR) is 241 cm³/mol. The summed E-state index contributed by atoms with van der Waals surface area (Å²) in [7, 11) is 1.66. The number of aryl methyl sites for hydroxylation is 2. The van der Waals surface area contributed by atoms with E-state index in [9.17, 15) is 38.4 Å². The third kappa shape index (κ3) is 9.89. The molecule has 3 aromatic carbocycles. The molecule has 4 aromatic rings. The van der Waals surface area contributed by atoms with Crippen molar-refractivity contribution in [1.82, 2.24) is 29.6 Å². The number of primary amides is 2. The van der Waals surface area contributed by atoms with Crippen LogP contribution in [0.15, 0.2) is 83.7 Å². The molecule has 8 N–H and O–H groups in total. The first-order valence-electron chi connectivity index (χ1n) is 22.6. The molecule has 3 saturated heterocycles. The van der Waals surface area contributed by atoms with Crippen LogP contribution in [0.1, 0.15) is 106 Å². The van der Waals surface area contributed by atoms with E-state index in [-0.39, 0.29) is 55.8 Å². The maximum absolute atomic E-state index is 14.5. The van der Waals surface area contributed by atoms with E-state index in [1.807, 2.05) is 78.9 Å². The van der Waals surface area contributed by atoms with Crippen molar-refractivity contribution in [2.45, 2.75) is 119 Å². The number of hydrogen-bond donors (Lipinski definition) is 5. The van der Waals surface area contributed by atoms with Crippen molar-refractivity contribution in [3.05, 3.63) is 106 Å². The lowest BCUT2D eigenvalue weighted by Crippen LogP contribution is -2.65. The van der Waals surface area contributed by atoms with Gasteiger partial charge in [0.1, 0.15) is 23.7 Å². The van der Waals surface area contributed by atoms with Gasteiger partial charge in [0.25, 0.3) is 0 Å². The molecule has 4 heterocycles. The van der Waals surface area contributed by atoms with Crippen LogP contribution in [0.2, 0.25) is 0 Å². The third-order valence-electron chi connectivity index (χ3n) is 13.5. The summed E-state index contributed by atoms with van der Waals surface area (Å²) in [4.78, 5) is 109. The highest BCUT2D eigenvalue weighted by Crippen LogP contribution is 2.39. The van der Waals surface area contributed by atoms with E-state index in [0.717, 1.165) is 31.2 Å². The van der Waals surface area contributed by atoms with Gasteiger partial charge in [-0.3, -0.25) is 48.0 Å². The summed E-state index contributed by atoms with van der Waals surface area (Å²) in [5.74, 6) is -4.28. The van der Waals surface area contributed by atoms with Crippen LogP contribution in [0, 0.1) is 0 Å². The highest BCUT2D eigenvalue weighted by atomic mass is 16.2. The number of fused-ring (bicyclic) bond motifs is 2. The highest BCUT2D eigenvalue weighted by molar-refractivity contribution is 6.00. The molecule has 5 atom stereocenters. The lowest BCUT2D eigenvalue weighted by Gasteiger charge is -2.42. The molecule has 0 bridgehead atoms. The first kappa shape index (κ1) is 46.4. The number of carbonyl (C=O) groups is 7. The summed E-state index contributed by atoms with van der Waals surface area (Å²) in [6.45, 7) is 0.351. The molecule has 17 heteroatoms. The van der Waals surface area contributed by atoms with Gasteiger partial charge in [-0.2, -0.15) is 0 Å². The Morgan fingerprint density at radius 1 is 0.815 bits per heavy atom. The van der Waals surface area contributed by atoms with Crippen LogP contribution < -0.4 is 33.5 Å². The van der Waals surface area contributed by atoms with Crippen LogP contribution in [-0.2, 0) is 47.0 Å². The molecule has 7 rings (SSSR count). The molecular weight excluding hydrogens is 831 g/mol. The summed E-state index contributed by atoms with van der Waals surface area (Å²) >= 11 is 0. The minimum Gasteiger partial charge on any atom is -0.370 e. The number of rotatable bonds is 17. The van der Waals surface area contributed by atoms with E-state index in [0.29, 0.717) is 60.8 Å². The Kier molecular flexibility index (Phi) is 14.3. The van der Waals surface area contributed by atoms with Gasteiger partial charge < -0.3 is 32.3 Å². The average molecular weight is 890 g/mol. The van der Waals surface area contributed by atoms with Crippen LogP contribution in [0.4, 0.5) is 0 Å². The molecule has 3 fully saturated rings. The number of benzene rings is 3. The van der Waals surface area contributed by atoms with Gasteiger partial charge in [0.15, 0.2) is 0 Å². The molecule has 1 unspecified atom stereocenters. The van der Waals surface area contributed by atoms with Crippen molar-refractivity contribution in [2.24, 2.45) is 24.2 Å². The Morgan fingerprint density at radius 2 is 1.49 bits per heavy atom. The minimum absolute atomic E-state index is 0.00495. The van der Waals surface area contributed by atoms with Gasteiger partial charge in [0.05, 0.1) is 11.0 Å². The Morgan fingerprint density at radius 3 is 2.14 bits per heavy atom. The van der Waals surface area contributed by atoms with Crippen molar-refractivity contribution in [3.63, 3.8) is 0 Å². The SMILES string of the molecule is Cn1c(=O)n(C2CCC(=O)NC2=O)c2cc(CCCCCCC(=O)N3CC[C@H]4CC[C@@H](C(=O)N[C@](CCC(N)=O)(C(N)=O)C(c5ccccc5)c5ccccc5)N4C(=O)[C@@H](N)C3)ccc21. The molecule has 0 radical (unpaired) electrons. The van der Waals surface area contributed by atoms with Crippen LogP contribution in [0.3, 0.4) is 0 Å². The smallest absolute Gasteiger partial charge is 0.329 e. The summed E-state index contributed by atoms with van der Waals surface area (Å²) in [5, 5.41) is 5.32. The summed E-state index contributed by atoms with van der Waals surface area (Å²) in [5.41, 5.74) is 20.0. The maximum atomic E-state index is 14.5. The quantitative estimate of drug-likeness (QED) is 0.0768. The van der Waals surface area contributed by atoms with Crippen molar-refractivity contribution >= 4 is 52.4 Å². The molecule has 3 aliphatic heterocycles. The number of imidazole rings is 1. The Bertz CT molecular complexity index is 2470. The van der Waals surface area contributed by atoms with Crippen LogP contribution >= 0.6 is 0 Å². The molecule has 3 aliphatic rings. The average Bonchev–Trinajstić information content (AvgIpc) is 3.82. The van der Waals surface area contributed by atoms with Gasteiger partial charge in [-0.05, 0) is 80.2 Å². The molecule has 1 aromatic heterocycles. The highest BCUT2D eigenvalue weighted by Gasteiger charge is 2.51. The Balaban J connectivity index is 0.954. The zero-order chi connectivity index (χ0) is 46.4. The lowest BCUT2D eigenvalue weighted by molar-refractivity contribution is -0.146. The standard InChI is InChI=1S/C48H59N9O8/c1-54-35-20-18-30(28-38(35)57(47(54)65)36-22-23-40(59)52-43(36)61)12-6-2-3-11-17-41(60)55-27-25-33-19-21-37(56(33)45(63)34(49)29-55)44(62)53-48(46(51)64,26-24-39(50)58)42(31-13-7-4-8-14-31)32-15-9-5-10-16-32/h4-5,7-10,13-16,18,20,28,33-34,36-37,42H,2-3,6,11-12,17,19,21-27,29,49H2,1H3,(H2,50,58)(H2,51,64)(H,53,62)(H,52,59,61)/t33-,34+,36?,37+,48+/m1/s1. The van der Waals surface area contributed by atoms with E-state index in [4.69, 9.17) is 17.2 Å². The third-order valence-corrected chi connectivity index (χ3v) is 13.5. The zero-order valence-electron chi connectivity index (χ0n) is 36.8. The summed E-state index contributed by atoms with van der Waals surface area (Å²) in [6, 6.07) is 20.8. The molecular formula is C48H59N9O8. The number of piperidine rings is 1. The Labute approximate surface area is 377 Å². The summed E-state index contributed by atoms with van der Waals surface area (Å²) < 4.78 is 2.99. The van der Waals surface area contributed by atoms with E-state index in [2.05, 4.69) is 10.6 Å². The van der Waals surface area contributed by atoms with Crippen LogP contribution in [0.5, 0.6) is 0 Å². The van der Waals surface area contributed by atoms with Gasteiger partial charge >= 0.3 is 5.69 Å². The number of unbranched alkanes of at least 4 members (excludes halogenated alkanes) is 3. The Hall–Kier alpha value is -6.62. The van der Waals surface area contributed by atoms with Crippen molar-refractivity contribution in [3.8, 4) is 0 Å². The molecule has 0 saturated carbocycles. The van der Waals surface area contributed by atoms with E-state index in [1.54, 1.807) is 11.9 Å². The second-order valence-electron chi connectivity index (χ2n) is 17.7. The van der Waals surface area contributed by atoms with Gasteiger partial charge in [0, 0.05) is 51.4 Å².